The van der Waals surface area contributed by atoms with Crippen LogP contribution in [0.4, 0.5) is 14.5 Å². The zero-order chi connectivity index (χ0) is 14.0. The molecule has 2 rings (SSSR count). The van der Waals surface area contributed by atoms with Gasteiger partial charge in [-0.3, -0.25) is 4.68 Å². The zero-order valence-corrected chi connectivity index (χ0v) is 11.4. The van der Waals surface area contributed by atoms with Gasteiger partial charge in [-0.2, -0.15) is 5.10 Å². The predicted octanol–water partition coefficient (Wildman–Crippen LogP) is 3.76. The Bertz CT molecular complexity index is 573. The van der Waals surface area contributed by atoms with Crippen molar-refractivity contribution in [3.63, 3.8) is 0 Å². The highest BCUT2D eigenvalue weighted by Gasteiger charge is 2.11. The van der Waals surface area contributed by atoms with Gasteiger partial charge in [-0.25, -0.2) is 8.78 Å². The molecule has 0 radical (unpaired) electrons. The minimum absolute atomic E-state index is 0.0248. The number of benzene rings is 1. The van der Waals surface area contributed by atoms with Gasteiger partial charge in [0.1, 0.15) is 5.82 Å². The van der Waals surface area contributed by atoms with E-state index in [-0.39, 0.29) is 10.7 Å². The number of hydrogen-bond donors (Lipinski definition) is 1. The number of halogens is 3. The molecule has 102 valence electrons. The third-order valence-corrected chi connectivity index (χ3v) is 3.04. The summed E-state index contributed by atoms with van der Waals surface area (Å²) in [4.78, 5) is 0. The molecular formula is C13H14ClF2N3. The van der Waals surface area contributed by atoms with Crippen molar-refractivity contribution < 1.29 is 8.78 Å². The van der Waals surface area contributed by atoms with Crippen LogP contribution in [0.5, 0.6) is 0 Å². The van der Waals surface area contributed by atoms with Crippen LogP contribution in [0.3, 0.4) is 0 Å². The maximum atomic E-state index is 13.6. The SMILES string of the molecule is CCn1nc(C)cc1CNc1c(F)cc(F)cc1Cl. The number of aromatic nitrogens is 2. The Labute approximate surface area is 115 Å². The molecule has 0 unspecified atom stereocenters. The maximum absolute atomic E-state index is 13.6. The van der Waals surface area contributed by atoms with Crippen molar-refractivity contribution >= 4 is 17.3 Å². The summed E-state index contributed by atoms with van der Waals surface area (Å²) in [5.74, 6) is -1.40. The van der Waals surface area contributed by atoms with E-state index in [0.717, 1.165) is 30.1 Å². The van der Waals surface area contributed by atoms with Crippen LogP contribution in [0.25, 0.3) is 0 Å². The summed E-state index contributed by atoms with van der Waals surface area (Å²) >= 11 is 5.81. The van der Waals surface area contributed by atoms with E-state index in [1.54, 1.807) is 0 Å². The smallest absolute Gasteiger partial charge is 0.150 e. The van der Waals surface area contributed by atoms with E-state index in [1.807, 2.05) is 24.6 Å². The Hall–Kier alpha value is -1.62. The summed E-state index contributed by atoms with van der Waals surface area (Å²) < 4.78 is 28.3. The van der Waals surface area contributed by atoms with Crippen molar-refractivity contribution in [2.75, 3.05) is 5.32 Å². The molecule has 0 saturated heterocycles. The quantitative estimate of drug-likeness (QED) is 0.927. The molecule has 1 N–H and O–H groups in total. The minimum Gasteiger partial charge on any atom is -0.376 e. The minimum atomic E-state index is -0.704. The molecule has 19 heavy (non-hydrogen) atoms. The molecule has 0 aliphatic heterocycles. The fraction of sp³-hybridized carbons (Fsp3) is 0.308. The number of aryl methyl sites for hydroxylation is 2. The summed E-state index contributed by atoms with van der Waals surface area (Å²) in [6, 6.07) is 3.79. The van der Waals surface area contributed by atoms with E-state index in [1.165, 1.54) is 0 Å². The lowest BCUT2D eigenvalue weighted by atomic mass is 10.2. The largest absolute Gasteiger partial charge is 0.376 e. The molecule has 0 bridgehead atoms. The summed E-state index contributed by atoms with van der Waals surface area (Å²) in [6.07, 6.45) is 0. The second kappa shape index (κ2) is 5.57. The molecule has 0 fully saturated rings. The number of rotatable bonds is 4. The molecule has 2 aromatic rings. The van der Waals surface area contributed by atoms with Crippen LogP contribution in [-0.4, -0.2) is 9.78 Å². The van der Waals surface area contributed by atoms with E-state index >= 15 is 0 Å². The van der Waals surface area contributed by atoms with E-state index in [0.29, 0.717) is 6.54 Å². The van der Waals surface area contributed by atoms with Gasteiger partial charge in [-0.05, 0) is 26.0 Å². The first-order valence-corrected chi connectivity index (χ1v) is 6.30. The topological polar surface area (TPSA) is 29.9 Å². The summed E-state index contributed by atoms with van der Waals surface area (Å²) in [7, 11) is 0. The maximum Gasteiger partial charge on any atom is 0.150 e. The van der Waals surface area contributed by atoms with Gasteiger partial charge in [-0.15, -0.1) is 0 Å². The Balaban J connectivity index is 2.19. The third kappa shape index (κ3) is 3.04. The first-order valence-electron chi connectivity index (χ1n) is 5.93. The van der Waals surface area contributed by atoms with E-state index < -0.39 is 11.6 Å². The molecule has 1 aromatic heterocycles. The van der Waals surface area contributed by atoms with Crippen molar-refractivity contribution in [1.82, 2.24) is 9.78 Å². The molecule has 0 saturated carbocycles. The predicted molar refractivity (Wildman–Crippen MR) is 71.3 cm³/mol. The monoisotopic (exact) mass is 285 g/mol. The summed E-state index contributed by atoms with van der Waals surface area (Å²) in [5, 5.41) is 7.19. The molecule has 1 heterocycles. The average Bonchev–Trinajstić information content (AvgIpc) is 2.68. The van der Waals surface area contributed by atoms with Gasteiger partial charge in [0, 0.05) is 12.6 Å². The molecule has 1 aromatic carbocycles. The lowest BCUT2D eigenvalue weighted by molar-refractivity contribution is 0.584. The van der Waals surface area contributed by atoms with Crippen molar-refractivity contribution in [2.45, 2.75) is 26.9 Å². The molecule has 0 atom stereocenters. The zero-order valence-electron chi connectivity index (χ0n) is 10.7. The van der Waals surface area contributed by atoms with Crippen molar-refractivity contribution in [1.29, 1.82) is 0 Å². The second-order valence-corrected chi connectivity index (χ2v) is 4.60. The van der Waals surface area contributed by atoms with E-state index in [9.17, 15) is 8.78 Å². The van der Waals surface area contributed by atoms with Gasteiger partial charge in [-0.1, -0.05) is 11.6 Å². The van der Waals surface area contributed by atoms with Crippen LogP contribution in [0.1, 0.15) is 18.3 Å². The van der Waals surface area contributed by atoms with Crippen LogP contribution in [0.15, 0.2) is 18.2 Å². The van der Waals surface area contributed by atoms with E-state index in [2.05, 4.69) is 10.4 Å². The summed E-state index contributed by atoms with van der Waals surface area (Å²) in [5.41, 5.74) is 1.91. The van der Waals surface area contributed by atoms with Crippen molar-refractivity contribution in [2.24, 2.45) is 0 Å². The lowest BCUT2D eigenvalue weighted by Gasteiger charge is -2.10. The van der Waals surface area contributed by atoms with Crippen molar-refractivity contribution in [3.05, 3.63) is 46.2 Å². The van der Waals surface area contributed by atoms with Gasteiger partial charge in [0.25, 0.3) is 0 Å². The highest BCUT2D eigenvalue weighted by atomic mass is 35.5. The number of hydrogen-bond acceptors (Lipinski definition) is 2. The molecule has 0 aliphatic carbocycles. The molecule has 3 nitrogen and oxygen atoms in total. The van der Waals surface area contributed by atoms with Crippen LogP contribution in [-0.2, 0) is 13.1 Å². The van der Waals surface area contributed by atoms with E-state index in [4.69, 9.17) is 11.6 Å². The molecule has 0 amide bonds. The number of nitrogens with zero attached hydrogens (tertiary/aromatic N) is 2. The Morgan fingerprint density at radius 3 is 2.68 bits per heavy atom. The Kier molecular flexibility index (Phi) is 4.04. The fourth-order valence-corrected chi connectivity index (χ4v) is 2.17. The summed E-state index contributed by atoms with van der Waals surface area (Å²) in [6.45, 7) is 4.96. The molecular weight excluding hydrogens is 272 g/mol. The standard InChI is InChI=1S/C13H14ClF2N3/c1-3-19-10(4-8(2)18-19)7-17-13-11(14)5-9(15)6-12(13)16/h4-6,17H,3,7H2,1-2H3. The average molecular weight is 286 g/mol. The Morgan fingerprint density at radius 1 is 1.32 bits per heavy atom. The van der Waals surface area contributed by atoms with Crippen LogP contribution in [0.2, 0.25) is 5.02 Å². The normalized spacial score (nSPS) is 10.8. The highest BCUT2D eigenvalue weighted by Crippen LogP contribution is 2.26. The molecule has 6 heteroatoms. The van der Waals surface area contributed by atoms with Gasteiger partial charge >= 0.3 is 0 Å². The fourth-order valence-electron chi connectivity index (χ4n) is 1.91. The van der Waals surface area contributed by atoms with Crippen LogP contribution < -0.4 is 5.32 Å². The Morgan fingerprint density at radius 2 is 2.05 bits per heavy atom. The molecule has 0 spiro atoms. The number of anilines is 1. The third-order valence-electron chi connectivity index (χ3n) is 2.74. The van der Waals surface area contributed by atoms with Gasteiger partial charge in [0.2, 0.25) is 0 Å². The van der Waals surface area contributed by atoms with Crippen LogP contribution >= 0.6 is 11.6 Å². The first kappa shape index (κ1) is 13.8. The van der Waals surface area contributed by atoms with Gasteiger partial charge < -0.3 is 5.32 Å². The van der Waals surface area contributed by atoms with Gasteiger partial charge in [0.05, 0.1) is 28.6 Å². The second-order valence-electron chi connectivity index (χ2n) is 4.19. The molecule has 0 aliphatic rings. The number of nitrogens with one attached hydrogen (secondary N) is 1. The van der Waals surface area contributed by atoms with Crippen molar-refractivity contribution in [3.8, 4) is 0 Å². The van der Waals surface area contributed by atoms with Crippen LogP contribution in [0, 0.1) is 18.6 Å². The first-order chi connectivity index (χ1) is 9.01. The lowest BCUT2D eigenvalue weighted by Crippen LogP contribution is -2.09. The highest BCUT2D eigenvalue weighted by molar-refractivity contribution is 6.33. The van der Waals surface area contributed by atoms with Gasteiger partial charge in [0.15, 0.2) is 5.82 Å².